The molecule has 0 unspecified atom stereocenters. The number of carbonyl (C=O) groups excluding carboxylic acids is 2. The molecule has 2 rings (SSSR count). The molecule has 0 aliphatic rings. The van der Waals surface area contributed by atoms with E-state index in [1.807, 2.05) is 45.0 Å². The van der Waals surface area contributed by atoms with Gasteiger partial charge < -0.3 is 10.2 Å². The van der Waals surface area contributed by atoms with Gasteiger partial charge in [0.25, 0.3) is 0 Å². The van der Waals surface area contributed by atoms with Crippen molar-refractivity contribution in [2.75, 3.05) is 23.7 Å². The minimum atomic E-state index is -3.80. The summed E-state index contributed by atoms with van der Waals surface area (Å²) in [6, 6.07) is 11.9. The van der Waals surface area contributed by atoms with Gasteiger partial charge in [-0.15, -0.1) is 0 Å². The minimum Gasteiger partial charge on any atom is -0.354 e. The Balaban J connectivity index is 2.46. The Labute approximate surface area is 208 Å². The molecule has 2 aromatic carbocycles. The molecular formula is C25H34ClN3O4S. The number of benzene rings is 2. The van der Waals surface area contributed by atoms with Gasteiger partial charge in [-0.1, -0.05) is 61.3 Å². The fourth-order valence-electron chi connectivity index (χ4n) is 3.64. The number of rotatable bonds is 11. The zero-order chi connectivity index (χ0) is 25.5. The molecular weight excluding hydrogens is 474 g/mol. The summed E-state index contributed by atoms with van der Waals surface area (Å²) in [5.41, 5.74) is 2.82. The number of anilines is 1. The van der Waals surface area contributed by atoms with Crippen molar-refractivity contribution in [3.05, 3.63) is 64.2 Å². The Hall–Kier alpha value is -2.58. The van der Waals surface area contributed by atoms with Crippen LogP contribution in [0.4, 0.5) is 5.69 Å². The summed E-state index contributed by atoms with van der Waals surface area (Å²) in [5, 5.41) is 3.27. The monoisotopic (exact) mass is 507 g/mol. The summed E-state index contributed by atoms with van der Waals surface area (Å²) in [6.45, 7) is 7.70. The van der Waals surface area contributed by atoms with Crippen molar-refractivity contribution in [2.45, 2.75) is 53.1 Å². The lowest BCUT2D eigenvalue weighted by atomic mass is 10.1. The van der Waals surface area contributed by atoms with Gasteiger partial charge in [0.05, 0.1) is 11.9 Å². The van der Waals surface area contributed by atoms with E-state index in [0.717, 1.165) is 28.1 Å². The number of hydrogen-bond acceptors (Lipinski definition) is 4. The van der Waals surface area contributed by atoms with Gasteiger partial charge in [-0.2, -0.15) is 0 Å². The third kappa shape index (κ3) is 7.21. The Morgan fingerprint density at radius 1 is 1.06 bits per heavy atom. The molecule has 7 nitrogen and oxygen atoms in total. The number of nitrogens with zero attached hydrogens (tertiary/aromatic N) is 2. The van der Waals surface area contributed by atoms with Crippen molar-refractivity contribution in [3.8, 4) is 0 Å². The number of aryl methyl sites for hydroxylation is 1. The van der Waals surface area contributed by atoms with Crippen LogP contribution in [0.15, 0.2) is 42.5 Å². The highest BCUT2D eigenvalue weighted by Gasteiger charge is 2.32. The van der Waals surface area contributed by atoms with Crippen molar-refractivity contribution in [3.63, 3.8) is 0 Å². The van der Waals surface area contributed by atoms with E-state index in [4.69, 9.17) is 11.6 Å². The molecule has 0 spiro atoms. The lowest BCUT2D eigenvalue weighted by Gasteiger charge is -2.33. The smallest absolute Gasteiger partial charge is 0.244 e. The van der Waals surface area contributed by atoms with Gasteiger partial charge in [0.15, 0.2) is 0 Å². The van der Waals surface area contributed by atoms with E-state index in [9.17, 15) is 18.0 Å². The maximum atomic E-state index is 13.6. The zero-order valence-corrected chi connectivity index (χ0v) is 22.0. The van der Waals surface area contributed by atoms with Crippen LogP contribution in [0.5, 0.6) is 0 Å². The molecule has 0 aliphatic heterocycles. The molecule has 0 saturated heterocycles. The molecule has 0 radical (unpaired) electrons. The molecule has 0 aromatic heterocycles. The van der Waals surface area contributed by atoms with E-state index in [0.29, 0.717) is 29.2 Å². The van der Waals surface area contributed by atoms with Crippen LogP contribution in [0, 0.1) is 13.8 Å². The highest BCUT2D eigenvalue weighted by molar-refractivity contribution is 7.92. The van der Waals surface area contributed by atoms with Gasteiger partial charge in [0, 0.05) is 18.1 Å². The van der Waals surface area contributed by atoms with E-state index in [2.05, 4.69) is 5.32 Å². The van der Waals surface area contributed by atoms with Gasteiger partial charge in [0.1, 0.15) is 12.6 Å². The van der Waals surface area contributed by atoms with E-state index >= 15 is 0 Å². The molecule has 1 N–H and O–H groups in total. The first-order chi connectivity index (χ1) is 16.0. The Kier molecular flexibility index (Phi) is 9.94. The number of nitrogens with one attached hydrogen (secondary N) is 1. The van der Waals surface area contributed by atoms with E-state index in [-0.39, 0.29) is 12.5 Å². The lowest BCUT2D eigenvalue weighted by molar-refractivity contribution is -0.140. The van der Waals surface area contributed by atoms with E-state index in [1.54, 1.807) is 25.1 Å². The standard InChI is InChI=1S/C25H34ClN3O4S/c1-6-15-27-25(31)22(7-2)28(16-20-13-11-18(3)12-14-20)24(30)17-29(34(5,32)33)23-10-8-9-21(26)19(23)4/h8-14,22H,6-7,15-17H2,1-5H3,(H,27,31)/t22-/m0/s1. The molecule has 0 saturated carbocycles. The quantitative estimate of drug-likeness (QED) is 0.497. The fourth-order valence-corrected chi connectivity index (χ4v) is 4.71. The summed E-state index contributed by atoms with van der Waals surface area (Å²) in [4.78, 5) is 28.0. The second-order valence-electron chi connectivity index (χ2n) is 8.38. The van der Waals surface area contributed by atoms with Crippen LogP contribution in [0.1, 0.15) is 43.4 Å². The number of hydrogen-bond donors (Lipinski definition) is 1. The molecule has 0 fully saturated rings. The van der Waals surface area contributed by atoms with Crippen LogP contribution < -0.4 is 9.62 Å². The third-order valence-corrected chi connectivity index (χ3v) is 7.13. The van der Waals surface area contributed by atoms with Gasteiger partial charge in [-0.3, -0.25) is 13.9 Å². The van der Waals surface area contributed by atoms with Gasteiger partial charge >= 0.3 is 0 Å². The summed E-state index contributed by atoms with van der Waals surface area (Å²) in [7, 11) is -3.80. The second-order valence-corrected chi connectivity index (χ2v) is 10.7. The number of sulfonamides is 1. The SMILES string of the molecule is CCCNC(=O)[C@H](CC)N(Cc1ccc(C)cc1)C(=O)CN(c1cccc(Cl)c1C)S(C)(=O)=O. The number of amides is 2. The minimum absolute atomic E-state index is 0.184. The van der Waals surface area contributed by atoms with Gasteiger partial charge in [0.2, 0.25) is 21.8 Å². The van der Waals surface area contributed by atoms with Crippen molar-refractivity contribution in [2.24, 2.45) is 0 Å². The molecule has 2 amide bonds. The number of carbonyl (C=O) groups is 2. The summed E-state index contributed by atoms with van der Waals surface area (Å²) < 4.78 is 26.4. The fraction of sp³-hybridized carbons (Fsp3) is 0.440. The van der Waals surface area contributed by atoms with Crippen molar-refractivity contribution in [1.82, 2.24) is 10.2 Å². The van der Waals surface area contributed by atoms with Gasteiger partial charge in [-0.05, 0) is 49.9 Å². The van der Waals surface area contributed by atoms with Crippen LogP contribution in [-0.4, -0.2) is 50.5 Å². The van der Waals surface area contributed by atoms with Crippen LogP contribution in [-0.2, 0) is 26.2 Å². The van der Waals surface area contributed by atoms with Crippen molar-refractivity contribution < 1.29 is 18.0 Å². The zero-order valence-electron chi connectivity index (χ0n) is 20.5. The molecule has 9 heteroatoms. The maximum Gasteiger partial charge on any atom is 0.244 e. The van der Waals surface area contributed by atoms with Crippen LogP contribution in [0.3, 0.4) is 0 Å². The lowest BCUT2D eigenvalue weighted by Crippen LogP contribution is -2.52. The Morgan fingerprint density at radius 3 is 2.26 bits per heavy atom. The normalized spacial score (nSPS) is 12.2. The molecule has 2 aromatic rings. The molecule has 186 valence electrons. The largest absolute Gasteiger partial charge is 0.354 e. The summed E-state index contributed by atoms with van der Waals surface area (Å²) >= 11 is 6.22. The van der Waals surface area contributed by atoms with E-state index < -0.39 is 28.5 Å². The molecule has 0 aliphatic carbocycles. The highest BCUT2D eigenvalue weighted by atomic mass is 35.5. The Bertz CT molecular complexity index is 1100. The second kappa shape index (κ2) is 12.2. The van der Waals surface area contributed by atoms with E-state index in [1.165, 1.54) is 4.90 Å². The van der Waals surface area contributed by atoms with Crippen LogP contribution in [0.25, 0.3) is 0 Å². The van der Waals surface area contributed by atoms with Gasteiger partial charge in [-0.25, -0.2) is 8.42 Å². The maximum absolute atomic E-state index is 13.6. The van der Waals surface area contributed by atoms with Crippen LogP contribution in [0.2, 0.25) is 5.02 Å². The molecule has 0 bridgehead atoms. The average Bonchev–Trinajstić information content (AvgIpc) is 2.78. The predicted molar refractivity (Wildman–Crippen MR) is 137 cm³/mol. The topological polar surface area (TPSA) is 86.8 Å². The molecule has 34 heavy (non-hydrogen) atoms. The Morgan fingerprint density at radius 2 is 1.71 bits per heavy atom. The molecule has 0 heterocycles. The first-order valence-corrected chi connectivity index (χ1v) is 13.6. The first-order valence-electron chi connectivity index (χ1n) is 11.3. The predicted octanol–water partition coefficient (Wildman–Crippen LogP) is 4.06. The third-order valence-electron chi connectivity index (χ3n) is 5.60. The van der Waals surface area contributed by atoms with Crippen molar-refractivity contribution >= 4 is 39.1 Å². The number of halogens is 1. The van der Waals surface area contributed by atoms with Crippen LogP contribution >= 0.6 is 11.6 Å². The summed E-state index contributed by atoms with van der Waals surface area (Å²) in [6.07, 6.45) is 2.21. The average molecular weight is 508 g/mol. The highest BCUT2D eigenvalue weighted by Crippen LogP contribution is 2.28. The first kappa shape index (κ1) is 27.7. The molecule has 1 atom stereocenters. The van der Waals surface area contributed by atoms with Crippen molar-refractivity contribution in [1.29, 1.82) is 0 Å². The summed E-state index contributed by atoms with van der Waals surface area (Å²) in [5.74, 6) is -0.724.